The van der Waals surface area contributed by atoms with Crippen molar-refractivity contribution in [2.45, 2.75) is 37.9 Å². The molecule has 2 aromatic carbocycles. The highest BCUT2D eigenvalue weighted by molar-refractivity contribution is 7.17. The van der Waals surface area contributed by atoms with Crippen LogP contribution in [0.5, 0.6) is 0 Å². The lowest BCUT2D eigenvalue weighted by Gasteiger charge is -2.26. The molecule has 192 valence electrons. The fraction of sp³-hybridized carbons (Fsp3) is 0.321. The predicted octanol–water partition coefficient (Wildman–Crippen LogP) is 3.57. The highest BCUT2D eigenvalue weighted by Gasteiger charge is 2.29. The fourth-order valence-corrected chi connectivity index (χ4v) is 6.86. The van der Waals surface area contributed by atoms with E-state index in [2.05, 4.69) is 44.2 Å². The molecule has 7 nitrogen and oxygen atoms in total. The normalized spacial score (nSPS) is 15.8. The number of hydrogen-bond acceptors (Lipinski definition) is 6. The van der Waals surface area contributed by atoms with Crippen LogP contribution >= 0.6 is 22.7 Å². The summed E-state index contributed by atoms with van der Waals surface area (Å²) in [6, 6.07) is 15.4. The molecule has 0 bridgehead atoms. The molecule has 3 amide bonds. The van der Waals surface area contributed by atoms with Crippen LogP contribution in [0.4, 0.5) is 0 Å². The average Bonchev–Trinajstić information content (AvgIpc) is 3.53. The Bertz CT molecular complexity index is 1390. The Kier molecular flexibility index (Phi) is 8.13. The topological polar surface area (TPSA) is 99.3 Å². The van der Waals surface area contributed by atoms with Gasteiger partial charge in [-0.1, -0.05) is 36.4 Å². The summed E-state index contributed by atoms with van der Waals surface area (Å²) in [5.41, 5.74) is 2.08. The third kappa shape index (κ3) is 6.01. The van der Waals surface area contributed by atoms with Crippen molar-refractivity contribution in [2.75, 3.05) is 13.1 Å². The van der Waals surface area contributed by atoms with Crippen molar-refractivity contribution < 1.29 is 14.4 Å². The number of rotatable bonds is 10. The Morgan fingerprint density at radius 3 is 2.11 bits per heavy atom. The van der Waals surface area contributed by atoms with E-state index in [-0.39, 0.29) is 17.7 Å². The van der Waals surface area contributed by atoms with E-state index in [1.807, 2.05) is 36.4 Å². The average molecular weight is 535 g/mol. The van der Waals surface area contributed by atoms with Crippen LogP contribution in [0.1, 0.15) is 24.0 Å². The highest BCUT2D eigenvalue weighted by atomic mass is 32.1. The molecule has 1 aliphatic heterocycles. The zero-order chi connectivity index (χ0) is 25.6. The van der Waals surface area contributed by atoms with Crippen LogP contribution in [0.15, 0.2) is 59.3 Å². The van der Waals surface area contributed by atoms with Crippen LogP contribution in [0.3, 0.4) is 0 Å². The van der Waals surface area contributed by atoms with Crippen molar-refractivity contribution in [1.29, 1.82) is 0 Å². The standard InChI is InChI=1S/C28H30N4O3S2/c33-17-30-26(14-20-16-37-25-8-4-2-6-22(20)25)32-28(35)23(31-27(34)18-9-11-29-12-10-18)13-19-15-36-24-7-3-1-5-21(19)24/h1-8,15-18,23,26,29H,9-14H2,(H,30,33)(H,31,34)(H,32,35)/t23-,26-/m1/s1. The van der Waals surface area contributed by atoms with E-state index in [9.17, 15) is 14.4 Å². The molecule has 1 saturated heterocycles. The smallest absolute Gasteiger partial charge is 0.244 e. The van der Waals surface area contributed by atoms with Gasteiger partial charge in [-0.3, -0.25) is 14.4 Å². The first kappa shape index (κ1) is 25.4. The minimum atomic E-state index is -0.754. The number of fused-ring (bicyclic) bond motifs is 2. The first-order chi connectivity index (χ1) is 18.1. The van der Waals surface area contributed by atoms with Gasteiger partial charge in [-0.15, -0.1) is 22.7 Å². The summed E-state index contributed by atoms with van der Waals surface area (Å²) in [5, 5.41) is 18.4. The van der Waals surface area contributed by atoms with Gasteiger partial charge in [-0.05, 0) is 70.7 Å². The number of piperidine rings is 1. The van der Waals surface area contributed by atoms with Gasteiger partial charge < -0.3 is 21.3 Å². The van der Waals surface area contributed by atoms with Crippen molar-refractivity contribution in [1.82, 2.24) is 21.3 Å². The maximum absolute atomic E-state index is 13.6. The molecule has 4 N–H and O–H groups in total. The van der Waals surface area contributed by atoms with Crippen LogP contribution in [-0.2, 0) is 27.2 Å². The molecule has 9 heteroatoms. The van der Waals surface area contributed by atoms with E-state index in [0.717, 1.165) is 57.2 Å². The van der Waals surface area contributed by atoms with Crippen molar-refractivity contribution in [3.8, 4) is 0 Å². The van der Waals surface area contributed by atoms with E-state index >= 15 is 0 Å². The third-order valence-corrected chi connectivity index (χ3v) is 8.92. The first-order valence-corrected chi connectivity index (χ1v) is 14.3. The summed E-state index contributed by atoms with van der Waals surface area (Å²) in [6.07, 6.45) is 2.34. The SMILES string of the molecule is O=CN[C@@H](Cc1csc2ccccc12)NC(=O)[C@@H](Cc1csc2ccccc12)NC(=O)C1CCNCC1. The van der Waals surface area contributed by atoms with Crippen LogP contribution in [-0.4, -0.2) is 43.5 Å². The molecular formula is C28H30N4O3S2. The Morgan fingerprint density at radius 1 is 0.892 bits per heavy atom. The number of benzene rings is 2. The summed E-state index contributed by atoms with van der Waals surface area (Å²) < 4.78 is 2.30. The molecule has 0 saturated carbocycles. The Balaban J connectivity index is 1.35. The van der Waals surface area contributed by atoms with Gasteiger partial charge in [0.15, 0.2) is 0 Å². The van der Waals surface area contributed by atoms with Crippen LogP contribution < -0.4 is 21.3 Å². The molecule has 5 rings (SSSR count). The summed E-state index contributed by atoms with van der Waals surface area (Å²) in [5.74, 6) is -0.516. The van der Waals surface area contributed by atoms with E-state index in [4.69, 9.17) is 0 Å². The van der Waals surface area contributed by atoms with Crippen molar-refractivity contribution in [3.05, 3.63) is 70.4 Å². The number of thiophene rings is 2. The lowest BCUT2D eigenvalue weighted by Crippen LogP contribution is -2.55. The van der Waals surface area contributed by atoms with Gasteiger partial charge >= 0.3 is 0 Å². The van der Waals surface area contributed by atoms with Gasteiger partial charge in [0, 0.05) is 28.2 Å². The van der Waals surface area contributed by atoms with Gasteiger partial charge in [0.25, 0.3) is 0 Å². The lowest BCUT2D eigenvalue weighted by atomic mass is 9.96. The molecule has 37 heavy (non-hydrogen) atoms. The molecule has 4 aromatic rings. The second kappa shape index (κ2) is 11.9. The molecule has 0 aliphatic carbocycles. The fourth-order valence-electron chi connectivity index (χ4n) is 4.91. The zero-order valence-electron chi connectivity index (χ0n) is 20.4. The van der Waals surface area contributed by atoms with Gasteiger partial charge in [0.05, 0.1) is 0 Å². The summed E-state index contributed by atoms with van der Waals surface area (Å²) in [6.45, 7) is 1.59. The number of carbonyl (C=O) groups excluding carboxylic acids is 3. The second-order valence-corrected chi connectivity index (χ2v) is 11.2. The number of hydrogen-bond donors (Lipinski definition) is 4. The second-order valence-electron chi connectivity index (χ2n) is 9.35. The van der Waals surface area contributed by atoms with Crippen molar-refractivity contribution >= 4 is 61.1 Å². The molecule has 1 fully saturated rings. The van der Waals surface area contributed by atoms with Gasteiger partial charge in [-0.2, -0.15) is 0 Å². The minimum Gasteiger partial charge on any atom is -0.344 e. The molecular weight excluding hydrogens is 504 g/mol. The Morgan fingerprint density at radius 2 is 1.49 bits per heavy atom. The molecule has 3 heterocycles. The first-order valence-electron chi connectivity index (χ1n) is 12.5. The Hall–Kier alpha value is -3.27. The molecule has 1 aliphatic rings. The van der Waals surface area contributed by atoms with Crippen LogP contribution in [0.25, 0.3) is 20.2 Å². The third-order valence-electron chi connectivity index (χ3n) is 6.90. The number of carbonyl (C=O) groups is 3. The quantitative estimate of drug-likeness (QED) is 0.185. The van der Waals surface area contributed by atoms with Crippen molar-refractivity contribution in [2.24, 2.45) is 5.92 Å². The van der Waals surface area contributed by atoms with Crippen LogP contribution in [0.2, 0.25) is 0 Å². The van der Waals surface area contributed by atoms with E-state index in [1.165, 1.54) is 0 Å². The molecule has 2 aromatic heterocycles. The monoisotopic (exact) mass is 534 g/mol. The maximum Gasteiger partial charge on any atom is 0.244 e. The maximum atomic E-state index is 13.6. The van der Waals surface area contributed by atoms with Gasteiger partial charge in [-0.25, -0.2) is 0 Å². The number of amides is 3. The lowest BCUT2D eigenvalue weighted by molar-refractivity contribution is -0.132. The predicted molar refractivity (Wildman–Crippen MR) is 150 cm³/mol. The molecule has 0 radical (unpaired) electrons. The minimum absolute atomic E-state index is 0.0927. The summed E-state index contributed by atoms with van der Waals surface area (Å²) in [7, 11) is 0. The molecule has 0 spiro atoms. The van der Waals surface area contributed by atoms with E-state index < -0.39 is 12.2 Å². The Labute approximate surface area is 223 Å². The molecule has 2 atom stereocenters. The largest absolute Gasteiger partial charge is 0.344 e. The van der Waals surface area contributed by atoms with E-state index in [1.54, 1.807) is 22.7 Å². The van der Waals surface area contributed by atoms with Crippen LogP contribution in [0, 0.1) is 5.92 Å². The number of nitrogens with one attached hydrogen (secondary N) is 4. The molecule has 0 unspecified atom stereocenters. The van der Waals surface area contributed by atoms with Crippen molar-refractivity contribution in [3.63, 3.8) is 0 Å². The highest BCUT2D eigenvalue weighted by Crippen LogP contribution is 2.28. The summed E-state index contributed by atoms with van der Waals surface area (Å²) in [4.78, 5) is 38.2. The van der Waals surface area contributed by atoms with Gasteiger partial charge in [0.2, 0.25) is 18.2 Å². The van der Waals surface area contributed by atoms with Gasteiger partial charge in [0.1, 0.15) is 12.2 Å². The zero-order valence-corrected chi connectivity index (χ0v) is 22.0. The van der Waals surface area contributed by atoms with E-state index in [0.29, 0.717) is 19.3 Å². The summed E-state index contributed by atoms with van der Waals surface area (Å²) >= 11 is 3.27.